The Morgan fingerprint density at radius 1 is 1.11 bits per heavy atom. The molecule has 0 spiro atoms. The van der Waals surface area contributed by atoms with E-state index in [4.69, 9.17) is 0 Å². The summed E-state index contributed by atoms with van der Waals surface area (Å²) >= 11 is 0. The normalized spacial score (nSPS) is 13.8. The number of aliphatic hydroxyl groups is 1. The lowest BCUT2D eigenvalue weighted by molar-refractivity contribution is 0.164. The van der Waals surface area contributed by atoms with Crippen molar-refractivity contribution in [3.8, 4) is 0 Å². The van der Waals surface area contributed by atoms with Gasteiger partial charge in [0.15, 0.2) is 9.84 Å². The van der Waals surface area contributed by atoms with Crippen LogP contribution < -0.4 is 0 Å². The fraction of sp³-hybridized carbons (Fsp3) is 0.571. The molecule has 0 radical (unpaired) electrons. The highest BCUT2D eigenvalue weighted by atomic mass is 32.2. The van der Waals surface area contributed by atoms with E-state index in [2.05, 4.69) is 0 Å². The first-order chi connectivity index (χ1) is 8.43. The van der Waals surface area contributed by atoms with Crippen molar-refractivity contribution in [1.82, 2.24) is 0 Å². The molecule has 102 valence electrons. The molecule has 0 fully saturated rings. The van der Waals surface area contributed by atoms with Crippen molar-refractivity contribution in [1.29, 1.82) is 0 Å². The molecular formula is C14H22O3S. The molecule has 1 aromatic rings. The molecule has 0 aliphatic carbocycles. The largest absolute Gasteiger partial charge is 0.388 e. The molecule has 1 N–H and O–H groups in total. The molecule has 1 atom stereocenters. The monoisotopic (exact) mass is 270 g/mol. The van der Waals surface area contributed by atoms with Gasteiger partial charge in [-0.2, -0.15) is 0 Å². The van der Waals surface area contributed by atoms with Gasteiger partial charge in [-0.1, -0.05) is 30.3 Å². The number of unbranched alkanes of at least 4 members (excludes halogenated alkanes) is 1. The zero-order chi connectivity index (χ0) is 13.6. The molecule has 0 aromatic heterocycles. The van der Waals surface area contributed by atoms with E-state index in [1.807, 2.05) is 30.3 Å². The van der Waals surface area contributed by atoms with E-state index in [1.54, 1.807) is 13.8 Å². The first-order valence-corrected chi connectivity index (χ1v) is 8.09. The molecule has 4 heteroatoms. The number of aliphatic hydroxyl groups excluding tert-OH is 1. The molecule has 0 aliphatic heterocycles. The Morgan fingerprint density at radius 2 is 1.72 bits per heavy atom. The second kappa shape index (κ2) is 6.90. The maximum atomic E-state index is 11.6. The van der Waals surface area contributed by atoms with E-state index in [0.29, 0.717) is 12.8 Å². The highest BCUT2D eigenvalue weighted by Crippen LogP contribution is 2.19. The van der Waals surface area contributed by atoms with E-state index < -0.39 is 15.9 Å². The van der Waals surface area contributed by atoms with Gasteiger partial charge in [0.2, 0.25) is 0 Å². The van der Waals surface area contributed by atoms with Crippen LogP contribution in [0.3, 0.4) is 0 Å². The van der Waals surface area contributed by atoms with Crippen molar-refractivity contribution in [3.05, 3.63) is 35.9 Å². The molecule has 1 unspecified atom stereocenters. The molecular weight excluding hydrogens is 248 g/mol. The van der Waals surface area contributed by atoms with Gasteiger partial charge in [-0.05, 0) is 38.7 Å². The summed E-state index contributed by atoms with van der Waals surface area (Å²) in [7, 11) is -2.94. The highest BCUT2D eigenvalue weighted by Gasteiger charge is 2.15. The van der Waals surface area contributed by atoms with Crippen molar-refractivity contribution >= 4 is 9.84 Å². The summed E-state index contributed by atoms with van der Waals surface area (Å²) in [5.41, 5.74) is 0.893. The van der Waals surface area contributed by atoms with Crippen molar-refractivity contribution in [2.75, 3.05) is 5.75 Å². The first kappa shape index (κ1) is 15.2. The standard InChI is InChI=1S/C14H22O3S/c1-12(2)18(16,17)11-7-6-10-14(15)13-8-4-3-5-9-13/h3-5,8-9,12,14-15H,6-7,10-11H2,1-2H3. The van der Waals surface area contributed by atoms with Crippen LogP contribution in [-0.4, -0.2) is 24.5 Å². The molecule has 0 amide bonds. The minimum absolute atomic E-state index is 0.214. The summed E-state index contributed by atoms with van der Waals surface area (Å²) in [5.74, 6) is 0.214. The zero-order valence-electron chi connectivity index (χ0n) is 11.0. The number of hydrogen-bond acceptors (Lipinski definition) is 3. The zero-order valence-corrected chi connectivity index (χ0v) is 11.9. The van der Waals surface area contributed by atoms with E-state index >= 15 is 0 Å². The lowest BCUT2D eigenvalue weighted by Gasteiger charge is -2.11. The maximum Gasteiger partial charge on any atom is 0.152 e. The molecule has 0 heterocycles. The molecule has 0 saturated carbocycles. The Balaban J connectivity index is 2.31. The minimum Gasteiger partial charge on any atom is -0.388 e. The Bertz CT molecular complexity index is 437. The van der Waals surface area contributed by atoms with E-state index in [0.717, 1.165) is 12.0 Å². The molecule has 3 nitrogen and oxygen atoms in total. The second-order valence-corrected chi connectivity index (χ2v) is 7.51. The van der Waals surface area contributed by atoms with Crippen LogP contribution in [0.4, 0.5) is 0 Å². The number of sulfone groups is 1. The lowest BCUT2D eigenvalue weighted by Crippen LogP contribution is -2.17. The van der Waals surface area contributed by atoms with Crippen LogP contribution in [0.15, 0.2) is 30.3 Å². The van der Waals surface area contributed by atoms with Gasteiger partial charge in [-0.15, -0.1) is 0 Å². The predicted molar refractivity (Wildman–Crippen MR) is 74.2 cm³/mol. The third-order valence-corrected chi connectivity index (χ3v) is 5.35. The van der Waals surface area contributed by atoms with Gasteiger partial charge in [0.25, 0.3) is 0 Å². The first-order valence-electron chi connectivity index (χ1n) is 6.38. The molecule has 0 saturated heterocycles. The van der Waals surface area contributed by atoms with Crippen LogP contribution in [0.25, 0.3) is 0 Å². The molecule has 0 bridgehead atoms. The summed E-state index contributed by atoms with van der Waals surface area (Å²) in [6, 6.07) is 9.46. The molecule has 1 rings (SSSR count). The van der Waals surface area contributed by atoms with Crippen molar-refractivity contribution in [2.45, 2.75) is 44.5 Å². The Kier molecular flexibility index (Phi) is 5.82. The highest BCUT2D eigenvalue weighted by molar-refractivity contribution is 7.91. The van der Waals surface area contributed by atoms with E-state index in [1.165, 1.54) is 0 Å². The summed E-state index contributed by atoms with van der Waals surface area (Å²) in [5, 5.41) is 9.60. The summed E-state index contributed by atoms with van der Waals surface area (Å²) in [6.07, 6.45) is 1.46. The van der Waals surface area contributed by atoms with Crippen LogP contribution in [0.1, 0.15) is 44.8 Å². The van der Waals surface area contributed by atoms with E-state index in [-0.39, 0.29) is 11.0 Å². The lowest BCUT2D eigenvalue weighted by atomic mass is 10.0. The third-order valence-electron chi connectivity index (χ3n) is 3.06. The average molecular weight is 270 g/mol. The van der Waals surface area contributed by atoms with Crippen LogP contribution >= 0.6 is 0 Å². The summed E-state index contributed by atoms with van der Waals surface area (Å²) in [4.78, 5) is 0. The summed E-state index contributed by atoms with van der Waals surface area (Å²) in [6.45, 7) is 3.41. The SMILES string of the molecule is CC(C)S(=O)(=O)CCCCC(O)c1ccccc1. The topological polar surface area (TPSA) is 54.4 Å². The fourth-order valence-corrected chi connectivity index (χ4v) is 2.80. The molecule has 18 heavy (non-hydrogen) atoms. The molecule has 1 aromatic carbocycles. The van der Waals surface area contributed by atoms with Gasteiger partial charge in [-0.3, -0.25) is 0 Å². The van der Waals surface area contributed by atoms with Crippen LogP contribution in [0.5, 0.6) is 0 Å². The Labute approximate surface area is 110 Å². The molecule has 0 aliphatic rings. The Hall–Kier alpha value is -0.870. The van der Waals surface area contributed by atoms with Gasteiger partial charge in [0.1, 0.15) is 0 Å². The van der Waals surface area contributed by atoms with Crippen molar-refractivity contribution in [3.63, 3.8) is 0 Å². The minimum atomic E-state index is -2.94. The smallest absolute Gasteiger partial charge is 0.152 e. The van der Waals surface area contributed by atoms with Crippen LogP contribution in [0, 0.1) is 0 Å². The van der Waals surface area contributed by atoms with Gasteiger partial charge < -0.3 is 5.11 Å². The second-order valence-electron chi connectivity index (χ2n) is 4.84. The number of hydrogen-bond donors (Lipinski definition) is 1. The van der Waals surface area contributed by atoms with Gasteiger partial charge in [-0.25, -0.2) is 8.42 Å². The van der Waals surface area contributed by atoms with Crippen LogP contribution in [0.2, 0.25) is 0 Å². The third kappa shape index (κ3) is 4.78. The van der Waals surface area contributed by atoms with E-state index in [9.17, 15) is 13.5 Å². The maximum absolute atomic E-state index is 11.6. The number of benzene rings is 1. The van der Waals surface area contributed by atoms with Gasteiger partial charge >= 0.3 is 0 Å². The predicted octanol–water partition coefficient (Wildman–Crippen LogP) is 2.71. The average Bonchev–Trinajstić information content (AvgIpc) is 2.35. The van der Waals surface area contributed by atoms with Crippen molar-refractivity contribution in [2.24, 2.45) is 0 Å². The number of rotatable bonds is 7. The van der Waals surface area contributed by atoms with Crippen molar-refractivity contribution < 1.29 is 13.5 Å². The fourth-order valence-electron chi connectivity index (χ4n) is 1.72. The summed E-state index contributed by atoms with van der Waals surface area (Å²) < 4.78 is 23.2. The van der Waals surface area contributed by atoms with Crippen LogP contribution in [-0.2, 0) is 9.84 Å². The Morgan fingerprint density at radius 3 is 2.28 bits per heavy atom. The van der Waals surface area contributed by atoms with Gasteiger partial charge in [0.05, 0.1) is 17.1 Å². The van der Waals surface area contributed by atoms with Gasteiger partial charge in [0, 0.05) is 0 Å². The quantitative estimate of drug-likeness (QED) is 0.775.